The lowest BCUT2D eigenvalue weighted by Gasteiger charge is -2.15. The van der Waals surface area contributed by atoms with Gasteiger partial charge in [-0.25, -0.2) is 9.65 Å². The molecule has 0 saturated carbocycles. The summed E-state index contributed by atoms with van der Waals surface area (Å²) in [6.45, 7) is 0. The van der Waals surface area contributed by atoms with Crippen molar-refractivity contribution in [3.05, 3.63) is 59.7 Å². The zero-order valence-electron chi connectivity index (χ0n) is 15.6. The Morgan fingerprint density at radius 1 is 0.833 bits per heavy atom. The number of carbonyl (C=O) groups is 2. The number of rotatable bonds is 8. The van der Waals surface area contributed by atoms with Crippen molar-refractivity contribution in [2.24, 2.45) is 5.73 Å². The number of carboxylic acid groups (broad SMARTS) is 2. The molecule has 2 aromatic rings. The first-order chi connectivity index (χ1) is 13.9. The van der Waals surface area contributed by atoms with Crippen LogP contribution in [0.4, 0.5) is 0 Å². The fraction of sp³-hybridized carbons (Fsp3) is 0.222. The third-order valence-electron chi connectivity index (χ3n) is 3.71. The number of aromatic hydroxyl groups is 2. The van der Waals surface area contributed by atoms with Crippen LogP contribution in [0.25, 0.3) is 0 Å². The maximum Gasteiger partial charge on any atom is 0.401 e. The lowest BCUT2D eigenvalue weighted by Crippen LogP contribution is -2.36. The van der Waals surface area contributed by atoms with Gasteiger partial charge >= 0.3 is 19.7 Å². The number of hydrogen-bond acceptors (Lipinski definition) is 6. The lowest BCUT2D eigenvalue weighted by atomic mass is 10.1. The Morgan fingerprint density at radius 3 is 1.57 bits per heavy atom. The second-order valence-corrected chi connectivity index (χ2v) is 7.60. The molecule has 9 N–H and O–H groups in total. The van der Waals surface area contributed by atoms with E-state index in [0.29, 0.717) is 5.56 Å². The van der Waals surface area contributed by atoms with Gasteiger partial charge in [-0.1, -0.05) is 24.3 Å². The summed E-state index contributed by atoms with van der Waals surface area (Å²) in [4.78, 5) is 38.5. The fourth-order valence-electron chi connectivity index (χ4n) is 2.23. The van der Waals surface area contributed by atoms with Crippen LogP contribution in [0.15, 0.2) is 48.5 Å². The normalized spacial score (nSPS) is 12.9. The number of phenolic OH excluding ortho intramolecular Hbond substituents is 2. The largest absolute Gasteiger partial charge is 0.508 e. The molecule has 0 bridgehead atoms. The molecule has 11 nitrogen and oxygen atoms in total. The predicted octanol–water partition coefficient (Wildman–Crippen LogP) is 0.417. The molecule has 2 atom stereocenters. The van der Waals surface area contributed by atoms with Gasteiger partial charge in [0.05, 0.1) is 0 Å². The van der Waals surface area contributed by atoms with Crippen LogP contribution in [-0.4, -0.2) is 54.2 Å². The van der Waals surface area contributed by atoms with Gasteiger partial charge in [0.25, 0.3) is 0 Å². The van der Waals surface area contributed by atoms with Gasteiger partial charge in [0.15, 0.2) is 0 Å². The Labute approximate surface area is 171 Å². The highest BCUT2D eigenvalue weighted by Crippen LogP contribution is 2.29. The highest BCUT2D eigenvalue weighted by molar-refractivity contribution is 7.49. The van der Waals surface area contributed by atoms with Crippen molar-refractivity contribution < 1.29 is 44.4 Å². The van der Waals surface area contributed by atoms with Crippen molar-refractivity contribution >= 4 is 19.7 Å². The summed E-state index contributed by atoms with van der Waals surface area (Å²) < 4.78 is 10.7. The van der Waals surface area contributed by atoms with Crippen LogP contribution in [0, 0.1) is 0 Å². The fourth-order valence-corrected chi connectivity index (χ4v) is 2.84. The van der Waals surface area contributed by atoms with Crippen molar-refractivity contribution in [2.45, 2.75) is 24.9 Å². The second-order valence-electron chi connectivity index (χ2n) is 6.25. The van der Waals surface area contributed by atoms with Crippen LogP contribution in [0.5, 0.6) is 11.5 Å². The summed E-state index contributed by atoms with van der Waals surface area (Å²) in [7, 11) is -4.60. The quantitative estimate of drug-likeness (QED) is 0.262. The third-order valence-corrected chi connectivity index (χ3v) is 4.36. The summed E-state index contributed by atoms with van der Waals surface area (Å²) >= 11 is 0. The van der Waals surface area contributed by atoms with Gasteiger partial charge in [-0.05, 0) is 48.2 Å². The van der Waals surface area contributed by atoms with E-state index in [9.17, 15) is 14.2 Å². The van der Waals surface area contributed by atoms with E-state index in [4.69, 9.17) is 35.9 Å². The summed E-state index contributed by atoms with van der Waals surface area (Å²) in [5.74, 6) is -2.19. The molecule has 0 aliphatic carbocycles. The Balaban J connectivity index is 0.000000311. The monoisotopic (exact) mass is 442 g/mol. The van der Waals surface area contributed by atoms with Crippen molar-refractivity contribution in [2.75, 3.05) is 0 Å². The molecule has 0 aromatic heterocycles. The van der Waals surface area contributed by atoms with Gasteiger partial charge in [0, 0.05) is 0 Å². The Bertz CT molecular complexity index is 882. The molecule has 0 radical (unpaired) electrons. The number of benzene rings is 2. The van der Waals surface area contributed by atoms with Crippen LogP contribution < -0.4 is 10.8 Å². The van der Waals surface area contributed by atoms with Crippen molar-refractivity contribution in [1.29, 1.82) is 0 Å². The molecule has 0 spiro atoms. The van der Waals surface area contributed by atoms with Crippen molar-refractivity contribution in [3.63, 3.8) is 0 Å². The summed E-state index contributed by atoms with van der Waals surface area (Å²) in [6, 6.07) is 9.73. The van der Waals surface area contributed by atoms with Crippen molar-refractivity contribution in [1.82, 2.24) is 5.09 Å². The van der Waals surface area contributed by atoms with Gasteiger partial charge in [0.2, 0.25) is 0 Å². The Morgan fingerprint density at radius 2 is 1.23 bits per heavy atom. The smallest absolute Gasteiger partial charge is 0.401 e. The number of nitrogens with two attached hydrogens (primary N) is 1. The Kier molecular flexibility index (Phi) is 9.44. The molecule has 12 heteroatoms. The van der Waals surface area contributed by atoms with Crippen LogP contribution in [0.3, 0.4) is 0 Å². The molecular formula is C18H23N2O9P. The average Bonchev–Trinajstić information content (AvgIpc) is 2.64. The standard InChI is InChI=1S/C9H12NO6P.C9H11NO3/c11-7-3-1-6(2-4-7)5-8(9(12)13)10-17(14,15)16;10-8(9(12)13)5-6-1-3-7(11)4-2-6/h1-4,8,11H,5H2,(H,12,13)(H3,10,14,15,16);1-4,8,11H,5,10H2,(H,12,13). The molecule has 2 aromatic carbocycles. The molecule has 0 amide bonds. The van der Waals surface area contributed by atoms with E-state index >= 15 is 0 Å². The zero-order chi connectivity index (χ0) is 22.9. The first-order valence-corrected chi connectivity index (χ1v) is 10.1. The first kappa shape index (κ1) is 25.1. The molecular weight excluding hydrogens is 419 g/mol. The third kappa shape index (κ3) is 10.0. The molecule has 164 valence electrons. The molecule has 30 heavy (non-hydrogen) atoms. The van der Waals surface area contributed by atoms with E-state index in [1.165, 1.54) is 36.4 Å². The van der Waals surface area contributed by atoms with Crippen LogP contribution in [0.2, 0.25) is 0 Å². The molecule has 0 aliphatic rings. The van der Waals surface area contributed by atoms with Crippen molar-refractivity contribution in [3.8, 4) is 11.5 Å². The van der Waals surface area contributed by atoms with Crippen LogP contribution in [0.1, 0.15) is 11.1 Å². The zero-order valence-corrected chi connectivity index (χ0v) is 16.5. The minimum Gasteiger partial charge on any atom is -0.508 e. The van der Waals surface area contributed by atoms with Gasteiger partial charge in [-0.2, -0.15) is 0 Å². The molecule has 0 fully saturated rings. The summed E-state index contributed by atoms with van der Waals surface area (Å²) in [6.07, 6.45) is 0.177. The number of carboxylic acids is 2. The molecule has 0 saturated heterocycles. The minimum atomic E-state index is -4.60. The highest BCUT2D eigenvalue weighted by Gasteiger charge is 2.25. The van der Waals surface area contributed by atoms with E-state index in [1.54, 1.807) is 17.2 Å². The van der Waals surface area contributed by atoms with Crippen LogP contribution in [-0.2, 0) is 27.0 Å². The Hall–Kier alpha value is -2.95. The van der Waals surface area contributed by atoms with E-state index in [1.807, 2.05) is 0 Å². The molecule has 0 heterocycles. The number of nitrogens with one attached hydrogen (secondary N) is 1. The SMILES string of the molecule is NC(Cc1ccc(O)cc1)C(=O)O.O=C(O)C(Cc1ccc(O)cc1)NP(=O)(O)O. The topological polar surface area (TPSA) is 211 Å². The first-order valence-electron chi connectivity index (χ1n) is 8.47. The minimum absolute atomic E-state index is 0.0311. The number of hydrogen-bond donors (Lipinski definition) is 8. The van der Waals surface area contributed by atoms with E-state index in [-0.39, 0.29) is 24.3 Å². The van der Waals surface area contributed by atoms with Crippen LogP contribution >= 0.6 is 7.75 Å². The van der Waals surface area contributed by atoms with Gasteiger partial charge < -0.3 is 35.9 Å². The van der Waals surface area contributed by atoms with Gasteiger partial charge in [-0.15, -0.1) is 0 Å². The average molecular weight is 442 g/mol. The van der Waals surface area contributed by atoms with E-state index in [2.05, 4.69) is 0 Å². The number of phenols is 2. The highest BCUT2D eigenvalue weighted by atomic mass is 31.2. The summed E-state index contributed by atoms with van der Waals surface area (Å²) in [5, 5.41) is 37.0. The van der Waals surface area contributed by atoms with E-state index in [0.717, 1.165) is 5.56 Å². The van der Waals surface area contributed by atoms with Gasteiger partial charge in [-0.3, -0.25) is 9.59 Å². The van der Waals surface area contributed by atoms with E-state index < -0.39 is 31.8 Å². The maximum atomic E-state index is 10.8. The lowest BCUT2D eigenvalue weighted by molar-refractivity contribution is -0.139. The second kappa shape index (κ2) is 11.3. The number of aliphatic carboxylic acids is 2. The maximum absolute atomic E-state index is 10.8. The molecule has 2 unspecified atom stereocenters. The summed E-state index contributed by atoms with van der Waals surface area (Å²) in [5.41, 5.74) is 6.66. The van der Waals surface area contributed by atoms with Gasteiger partial charge in [0.1, 0.15) is 23.6 Å². The predicted molar refractivity (Wildman–Crippen MR) is 106 cm³/mol. The molecule has 2 rings (SSSR count). The molecule has 0 aliphatic heterocycles.